The second-order valence-corrected chi connectivity index (χ2v) is 6.42. The van der Waals surface area contributed by atoms with Crippen LogP contribution < -0.4 is 5.56 Å². The van der Waals surface area contributed by atoms with Crippen molar-refractivity contribution in [2.24, 2.45) is 0 Å². The van der Waals surface area contributed by atoms with E-state index in [0.717, 1.165) is 5.56 Å². The molecule has 0 fully saturated rings. The number of hydrogen-bond acceptors (Lipinski definition) is 3. The van der Waals surface area contributed by atoms with Gasteiger partial charge < -0.3 is 9.88 Å². The Bertz CT molecular complexity index is 961. The summed E-state index contributed by atoms with van der Waals surface area (Å²) in [6, 6.07) is 15.4. The molecule has 3 aromatic rings. The van der Waals surface area contributed by atoms with Crippen LogP contribution in [0.15, 0.2) is 53.3 Å². The van der Waals surface area contributed by atoms with Crippen molar-refractivity contribution in [3.63, 3.8) is 0 Å². The first-order valence-electron chi connectivity index (χ1n) is 8.88. The maximum atomic E-state index is 12.6. The van der Waals surface area contributed by atoms with Gasteiger partial charge in [-0.05, 0) is 38.0 Å². The molecule has 1 aromatic heterocycles. The van der Waals surface area contributed by atoms with Crippen molar-refractivity contribution in [2.45, 2.75) is 33.2 Å². The predicted octanol–water partition coefficient (Wildman–Crippen LogP) is 3.21. The van der Waals surface area contributed by atoms with Gasteiger partial charge in [-0.25, -0.2) is 4.98 Å². The molecule has 3 rings (SSSR count). The molecule has 26 heavy (non-hydrogen) atoms. The SMILES string of the molecule is CCN(Cc1nc2ccccc2c(=O)[nH]1)C(=O)CCc1ccc(C)cc1. The summed E-state index contributed by atoms with van der Waals surface area (Å²) in [7, 11) is 0. The van der Waals surface area contributed by atoms with Crippen molar-refractivity contribution in [1.82, 2.24) is 14.9 Å². The van der Waals surface area contributed by atoms with E-state index < -0.39 is 0 Å². The minimum absolute atomic E-state index is 0.0592. The highest BCUT2D eigenvalue weighted by Crippen LogP contribution is 2.10. The fourth-order valence-electron chi connectivity index (χ4n) is 2.93. The van der Waals surface area contributed by atoms with Gasteiger partial charge in [-0.3, -0.25) is 9.59 Å². The Morgan fingerprint density at radius 3 is 2.58 bits per heavy atom. The molecular formula is C21H23N3O2. The Morgan fingerprint density at radius 2 is 1.85 bits per heavy atom. The number of fused-ring (bicyclic) bond motifs is 1. The third-order valence-electron chi connectivity index (χ3n) is 4.49. The number of para-hydroxylation sites is 1. The van der Waals surface area contributed by atoms with Gasteiger partial charge >= 0.3 is 0 Å². The van der Waals surface area contributed by atoms with Crippen molar-refractivity contribution in [3.05, 3.63) is 75.8 Å². The van der Waals surface area contributed by atoms with E-state index in [0.29, 0.717) is 42.7 Å². The molecule has 0 saturated heterocycles. The summed E-state index contributed by atoms with van der Waals surface area (Å²) in [4.78, 5) is 33.7. The number of amides is 1. The summed E-state index contributed by atoms with van der Waals surface area (Å²) in [6.07, 6.45) is 1.14. The monoisotopic (exact) mass is 349 g/mol. The zero-order valence-electron chi connectivity index (χ0n) is 15.2. The Morgan fingerprint density at radius 1 is 1.12 bits per heavy atom. The Kier molecular flexibility index (Phi) is 5.46. The van der Waals surface area contributed by atoms with Crippen LogP contribution in [-0.2, 0) is 17.8 Å². The molecule has 5 heteroatoms. The van der Waals surface area contributed by atoms with Crippen molar-refractivity contribution in [2.75, 3.05) is 6.54 Å². The van der Waals surface area contributed by atoms with Gasteiger partial charge in [-0.1, -0.05) is 42.0 Å². The first-order valence-corrected chi connectivity index (χ1v) is 8.88. The fraction of sp³-hybridized carbons (Fsp3) is 0.286. The van der Waals surface area contributed by atoms with Crippen LogP contribution in [0.4, 0.5) is 0 Å². The van der Waals surface area contributed by atoms with Crippen LogP contribution in [0.2, 0.25) is 0 Å². The third kappa shape index (κ3) is 4.17. The maximum Gasteiger partial charge on any atom is 0.258 e. The largest absolute Gasteiger partial charge is 0.335 e. The van der Waals surface area contributed by atoms with Crippen LogP contribution in [0, 0.1) is 6.92 Å². The zero-order valence-corrected chi connectivity index (χ0v) is 15.2. The number of H-pyrrole nitrogens is 1. The standard InChI is InChI=1S/C21H23N3O2/c1-3-24(20(25)13-12-16-10-8-15(2)9-11-16)14-19-22-18-7-5-4-6-17(18)21(26)23-19/h4-11H,3,12-14H2,1-2H3,(H,22,23,26). The van der Waals surface area contributed by atoms with Gasteiger partial charge in [0.2, 0.25) is 5.91 Å². The van der Waals surface area contributed by atoms with Crippen LogP contribution >= 0.6 is 0 Å². The van der Waals surface area contributed by atoms with Crippen LogP contribution in [0.25, 0.3) is 10.9 Å². The lowest BCUT2D eigenvalue weighted by Crippen LogP contribution is -2.32. The molecule has 0 saturated carbocycles. The van der Waals surface area contributed by atoms with Gasteiger partial charge in [-0.2, -0.15) is 0 Å². The number of hydrogen-bond donors (Lipinski definition) is 1. The van der Waals surface area contributed by atoms with Crippen molar-refractivity contribution in [1.29, 1.82) is 0 Å². The number of rotatable bonds is 6. The maximum absolute atomic E-state index is 12.6. The first-order chi connectivity index (χ1) is 12.6. The van der Waals surface area contributed by atoms with E-state index in [2.05, 4.69) is 34.2 Å². The molecule has 0 aliphatic carbocycles. The second kappa shape index (κ2) is 7.95. The topological polar surface area (TPSA) is 66.1 Å². The lowest BCUT2D eigenvalue weighted by molar-refractivity contribution is -0.131. The van der Waals surface area contributed by atoms with E-state index >= 15 is 0 Å². The Labute approximate surface area is 152 Å². The van der Waals surface area contributed by atoms with E-state index in [4.69, 9.17) is 0 Å². The van der Waals surface area contributed by atoms with E-state index in [9.17, 15) is 9.59 Å². The Balaban J connectivity index is 1.69. The summed E-state index contributed by atoms with van der Waals surface area (Å²) in [5.74, 6) is 0.572. The molecule has 1 heterocycles. The lowest BCUT2D eigenvalue weighted by atomic mass is 10.1. The molecule has 1 N–H and O–H groups in total. The molecule has 0 atom stereocenters. The molecule has 0 aliphatic heterocycles. The van der Waals surface area contributed by atoms with Gasteiger partial charge in [0, 0.05) is 13.0 Å². The van der Waals surface area contributed by atoms with E-state index in [-0.39, 0.29) is 11.5 Å². The molecule has 0 radical (unpaired) electrons. The highest BCUT2D eigenvalue weighted by molar-refractivity contribution is 5.78. The molecule has 0 bridgehead atoms. The van der Waals surface area contributed by atoms with Crippen LogP contribution in [-0.4, -0.2) is 27.3 Å². The van der Waals surface area contributed by atoms with Crippen molar-refractivity contribution in [3.8, 4) is 0 Å². The molecule has 0 aliphatic rings. The predicted molar refractivity (Wildman–Crippen MR) is 103 cm³/mol. The number of carbonyl (C=O) groups excluding carboxylic acids is 1. The molecular weight excluding hydrogens is 326 g/mol. The highest BCUT2D eigenvalue weighted by Gasteiger charge is 2.14. The molecule has 1 amide bonds. The van der Waals surface area contributed by atoms with Gasteiger partial charge in [0.1, 0.15) is 5.82 Å². The summed E-state index contributed by atoms with van der Waals surface area (Å²) < 4.78 is 0. The molecule has 134 valence electrons. The van der Waals surface area contributed by atoms with Gasteiger partial charge in [0.25, 0.3) is 5.56 Å². The van der Waals surface area contributed by atoms with Gasteiger partial charge in [0.05, 0.1) is 17.4 Å². The second-order valence-electron chi connectivity index (χ2n) is 6.42. The average Bonchev–Trinajstić information content (AvgIpc) is 2.65. The highest BCUT2D eigenvalue weighted by atomic mass is 16.2. The minimum atomic E-state index is -0.172. The number of aromatic amines is 1. The summed E-state index contributed by atoms with van der Waals surface area (Å²) >= 11 is 0. The number of aryl methyl sites for hydroxylation is 2. The number of carbonyl (C=O) groups is 1. The molecule has 0 unspecified atom stereocenters. The number of nitrogens with one attached hydrogen (secondary N) is 1. The van der Waals surface area contributed by atoms with Gasteiger partial charge in [0.15, 0.2) is 0 Å². The smallest absolute Gasteiger partial charge is 0.258 e. The number of aromatic nitrogens is 2. The number of nitrogens with zero attached hydrogens (tertiary/aromatic N) is 2. The summed E-state index contributed by atoms with van der Waals surface area (Å²) in [5.41, 5.74) is 2.84. The van der Waals surface area contributed by atoms with Crippen LogP contribution in [0.3, 0.4) is 0 Å². The van der Waals surface area contributed by atoms with E-state index in [1.165, 1.54) is 5.56 Å². The van der Waals surface area contributed by atoms with E-state index in [1.807, 2.05) is 32.0 Å². The third-order valence-corrected chi connectivity index (χ3v) is 4.49. The first kappa shape index (κ1) is 17.9. The van der Waals surface area contributed by atoms with Crippen LogP contribution in [0.5, 0.6) is 0 Å². The van der Waals surface area contributed by atoms with Crippen molar-refractivity contribution >= 4 is 16.8 Å². The lowest BCUT2D eigenvalue weighted by Gasteiger charge is -2.20. The van der Waals surface area contributed by atoms with Gasteiger partial charge in [-0.15, -0.1) is 0 Å². The molecule has 2 aromatic carbocycles. The average molecular weight is 349 g/mol. The van der Waals surface area contributed by atoms with Crippen LogP contribution in [0.1, 0.15) is 30.3 Å². The summed E-state index contributed by atoms with van der Waals surface area (Å²) in [6.45, 7) is 4.86. The Hall–Kier alpha value is -2.95. The number of benzene rings is 2. The quantitative estimate of drug-likeness (QED) is 0.743. The van der Waals surface area contributed by atoms with E-state index in [1.54, 1.807) is 11.0 Å². The fourth-order valence-corrected chi connectivity index (χ4v) is 2.93. The van der Waals surface area contributed by atoms with Crippen molar-refractivity contribution < 1.29 is 4.79 Å². The molecule has 0 spiro atoms. The summed E-state index contributed by atoms with van der Waals surface area (Å²) in [5, 5.41) is 0.560. The molecule has 5 nitrogen and oxygen atoms in total. The minimum Gasteiger partial charge on any atom is -0.335 e. The zero-order chi connectivity index (χ0) is 18.5. The normalized spacial score (nSPS) is 10.8.